The second-order valence-electron chi connectivity index (χ2n) is 4.01. The monoisotopic (exact) mass is 225 g/mol. The Bertz CT molecular complexity index is 336. The van der Waals surface area contributed by atoms with Crippen molar-refractivity contribution in [1.82, 2.24) is 5.32 Å². The Labute approximate surface area is 95.6 Å². The second-order valence-corrected chi connectivity index (χ2v) is 4.42. The van der Waals surface area contributed by atoms with E-state index < -0.39 is 0 Å². The fourth-order valence-corrected chi connectivity index (χ4v) is 2.08. The zero-order chi connectivity index (χ0) is 10.8. The van der Waals surface area contributed by atoms with Gasteiger partial charge in [0.1, 0.15) is 0 Å². The predicted molar refractivity (Wildman–Crippen MR) is 62.5 cm³/mol. The molecule has 0 aromatic heterocycles. The van der Waals surface area contributed by atoms with Crippen LogP contribution in [-0.2, 0) is 4.74 Å². The largest absolute Gasteiger partial charge is 0.371 e. The fourth-order valence-electron chi connectivity index (χ4n) is 1.81. The van der Waals surface area contributed by atoms with Crippen LogP contribution in [0.3, 0.4) is 0 Å². The molecule has 1 unspecified atom stereocenters. The molecule has 3 heteroatoms. The van der Waals surface area contributed by atoms with Crippen LogP contribution in [0.2, 0.25) is 5.02 Å². The van der Waals surface area contributed by atoms with E-state index in [1.165, 1.54) is 11.1 Å². The Morgan fingerprint density at radius 2 is 2.20 bits per heavy atom. The molecule has 2 rings (SSSR count). The summed E-state index contributed by atoms with van der Waals surface area (Å²) in [7, 11) is 0. The third-order valence-electron chi connectivity index (χ3n) is 2.93. The van der Waals surface area contributed by atoms with Gasteiger partial charge in [0.15, 0.2) is 0 Å². The van der Waals surface area contributed by atoms with Gasteiger partial charge < -0.3 is 10.1 Å². The maximum atomic E-state index is 6.16. The van der Waals surface area contributed by atoms with E-state index in [4.69, 9.17) is 16.3 Å². The van der Waals surface area contributed by atoms with Crippen molar-refractivity contribution in [1.29, 1.82) is 0 Å². The van der Waals surface area contributed by atoms with Crippen molar-refractivity contribution in [3.63, 3.8) is 0 Å². The minimum atomic E-state index is 0.149. The van der Waals surface area contributed by atoms with Gasteiger partial charge in [0.2, 0.25) is 0 Å². The summed E-state index contributed by atoms with van der Waals surface area (Å²) in [5, 5.41) is 4.15. The number of nitrogens with one attached hydrogen (secondary N) is 1. The van der Waals surface area contributed by atoms with Crippen molar-refractivity contribution in [3.05, 3.63) is 33.8 Å². The lowest BCUT2D eigenvalue weighted by Gasteiger charge is -2.24. The molecule has 1 N–H and O–H groups in total. The first-order valence-corrected chi connectivity index (χ1v) is 5.65. The van der Waals surface area contributed by atoms with Crippen molar-refractivity contribution in [2.24, 2.45) is 0 Å². The van der Waals surface area contributed by atoms with Gasteiger partial charge in [-0.3, -0.25) is 0 Å². The Morgan fingerprint density at radius 1 is 1.40 bits per heavy atom. The van der Waals surface area contributed by atoms with E-state index in [0.717, 1.165) is 30.3 Å². The van der Waals surface area contributed by atoms with Gasteiger partial charge in [0, 0.05) is 18.1 Å². The number of aryl methyl sites for hydroxylation is 1. The maximum absolute atomic E-state index is 6.16. The lowest BCUT2D eigenvalue weighted by molar-refractivity contribution is 0.0277. The Kier molecular flexibility index (Phi) is 3.29. The molecule has 0 saturated carbocycles. The molecule has 2 nitrogen and oxygen atoms in total. The molecule has 1 aromatic rings. The number of benzene rings is 1. The first-order chi connectivity index (χ1) is 7.18. The fraction of sp³-hybridized carbons (Fsp3) is 0.500. The number of ether oxygens (including phenoxy) is 1. The van der Waals surface area contributed by atoms with Crippen LogP contribution in [0.15, 0.2) is 12.1 Å². The molecule has 1 fully saturated rings. The highest BCUT2D eigenvalue weighted by molar-refractivity contribution is 6.31. The standard InChI is InChI=1S/C12H16ClNO/c1-8-5-10(6-11(13)9(8)2)12-7-14-3-4-15-12/h5-6,12,14H,3-4,7H2,1-2H3. The summed E-state index contributed by atoms with van der Waals surface area (Å²) in [5.41, 5.74) is 3.56. The van der Waals surface area contributed by atoms with Crippen molar-refractivity contribution in [2.75, 3.05) is 19.7 Å². The number of hydrogen-bond donors (Lipinski definition) is 1. The molecule has 15 heavy (non-hydrogen) atoms. The van der Waals surface area contributed by atoms with Crippen LogP contribution in [0.25, 0.3) is 0 Å². The van der Waals surface area contributed by atoms with Gasteiger partial charge in [-0.25, -0.2) is 0 Å². The van der Waals surface area contributed by atoms with E-state index in [9.17, 15) is 0 Å². The van der Waals surface area contributed by atoms with Gasteiger partial charge in [0.05, 0.1) is 12.7 Å². The number of hydrogen-bond acceptors (Lipinski definition) is 2. The third-order valence-corrected chi connectivity index (χ3v) is 3.32. The van der Waals surface area contributed by atoms with Crippen LogP contribution in [0.5, 0.6) is 0 Å². The number of morpholine rings is 1. The molecule has 0 aliphatic carbocycles. The number of rotatable bonds is 1. The molecule has 1 aliphatic heterocycles. The van der Waals surface area contributed by atoms with Crippen molar-refractivity contribution >= 4 is 11.6 Å². The van der Waals surface area contributed by atoms with Gasteiger partial charge in [-0.1, -0.05) is 17.7 Å². The highest BCUT2D eigenvalue weighted by Gasteiger charge is 2.16. The molecule has 0 bridgehead atoms. The van der Waals surface area contributed by atoms with Crippen LogP contribution in [-0.4, -0.2) is 19.7 Å². The summed E-state index contributed by atoms with van der Waals surface area (Å²) < 4.78 is 5.69. The maximum Gasteiger partial charge on any atom is 0.0950 e. The first-order valence-electron chi connectivity index (χ1n) is 5.27. The molecule has 1 atom stereocenters. The van der Waals surface area contributed by atoms with E-state index in [2.05, 4.69) is 18.3 Å². The Hall–Kier alpha value is -0.570. The quantitative estimate of drug-likeness (QED) is 0.794. The van der Waals surface area contributed by atoms with E-state index in [1.54, 1.807) is 0 Å². The molecule has 1 aliphatic rings. The van der Waals surface area contributed by atoms with Gasteiger partial charge in [-0.05, 0) is 36.6 Å². The Balaban J connectivity index is 2.27. The summed E-state index contributed by atoms with van der Waals surface area (Å²) in [6.07, 6.45) is 0.149. The normalized spacial score (nSPS) is 21.7. The van der Waals surface area contributed by atoms with Gasteiger partial charge in [0.25, 0.3) is 0 Å². The van der Waals surface area contributed by atoms with Crippen LogP contribution >= 0.6 is 11.6 Å². The summed E-state index contributed by atoms with van der Waals surface area (Å²) in [5.74, 6) is 0. The average molecular weight is 226 g/mol. The molecule has 1 aromatic carbocycles. The summed E-state index contributed by atoms with van der Waals surface area (Å²) in [6, 6.07) is 4.18. The van der Waals surface area contributed by atoms with E-state index in [1.807, 2.05) is 13.0 Å². The SMILES string of the molecule is Cc1cc(C2CNCCO2)cc(Cl)c1C. The van der Waals surface area contributed by atoms with Crippen molar-refractivity contribution in [2.45, 2.75) is 20.0 Å². The summed E-state index contributed by atoms with van der Waals surface area (Å²) >= 11 is 6.16. The van der Waals surface area contributed by atoms with E-state index >= 15 is 0 Å². The summed E-state index contributed by atoms with van der Waals surface area (Å²) in [6.45, 7) is 6.71. The molecule has 0 spiro atoms. The van der Waals surface area contributed by atoms with E-state index in [0.29, 0.717) is 0 Å². The zero-order valence-corrected chi connectivity index (χ0v) is 9.90. The van der Waals surface area contributed by atoms with Gasteiger partial charge in [-0.15, -0.1) is 0 Å². The van der Waals surface area contributed by atoms with Crippen LogP contribution in [0.1, 0.15) is 22.8 Å². The molecular weight excluding hydrogens is 210 g/mol. The van der Waals surface area contributed by atoms with Crippen molar-refractivity contribution in [3.8, 4) is 0 Å². The Morgan fingerprint density at radius 3 is 2.80 bits per heavy atom. The van der Waals surface area contributed by atoms with Crippen LogP contribution in [0.4, 0.5) is 0 Å². The minimum absolute atomic E-state index is 0.149. The van der Waals surface area contributed by atoms with Crippen LogP contribution in [0, 0.1) is 13.8 Å². The minimum Gasteiger partial charge on any atom is -0.371 e. The third kappa shape index (κ3) is 2.33. The molecule has 82 valence electrons. The van der Waals surface area contributed by atoms with E-state index in [-0.39, 0.29) is 6.10 Å². The molecule has 1 heterocycles. The molecule has 1 saturated heterocycles. The smallest absolute Gasteiger partial charge is 0.0950 e. The lowest BCUT2D eigenvalue weighted by atomic mass is 10.0. The highest BCUT2D eigenvalue weighted by Crippen LogP contribution is 2.26. The molecule has 0 radical (unpaired) electrons. The van der Waals surface area contributed by atoms with Crippen LogP contribution < -0.4 is 5.32 Å². The lowest BCUT2D eigenvalue weighted by Crippen LogP contribution is -2.33. The second kappa shape index (κ2) is 4.52. The number of halogens is 1. The summed E-state index contributed by atoms with van der Waals surface area (Å²) in [4.78, 5) is 0. The molecular formula is C12H16ClNO. The van der Waals surface area contributed by atoms with Gasteiger partial charge in [-0.2, -0.15) is 0 Å². The molecule has 0 amide bonds. The first kappa shape index (κ1) is 10.9. The predicted octanol–water partition coefficient (Wildman–Crippen LogP) is 2.62. The topological polar surface area (TPSA) is 21.3 Å². The average Bonchev–Trinajstić information content (AvgIpc) is 2.26. The van der Waals surface area contributed by atoms with Gasteiger partial charge >= 0.3 is 0 Å². The van der Waals surface area contributed by atoms with Crippen molar-refractivity contribution < 1.29 is 4.74 Å². The highest BCUT2D eigenvalue weighted by atomic mass is 35.5. The zero-order valence-electron chi connectivity index (χ0n) is 9.14.